The van der Waals surface area contributed by atoms with Crippen LogP contribution in [0.3, 0.4) is 0 Å². The third-order valence-corrected chi connectivity index (χ3v) is 8.87. The summed E-state index contributed by atoms with van der Waals surface area (Å²) in [5.41, 5.74) is -1.61. The van der Waals surface area contributed by atoms with Crippen LogP contribution in [0.1, 0.15) is 45.4 Å². The molecule has 1 aliphatic carbocycles. The molecule has 232 valence electrons. The third-order valence-electron chi connectivity index (χ3n) is 6.44. The maximum atomic E-state index is 13.8. The van der Waals surface area contributed by atoms with Gasteiger partial charge in [-0.05, 0) is 57.4 Å². The minimum atomic E-state index is -4.78. The first-order valence-electron chi connectivity index (χ1n) is 13.1. The Labute approximate surface area is 257 Å². The van der Waals surface area contributed by atoms with Gasteiger partial charge in [0.05, 0.1) is 56.9 Å². The molecule has 0 saturated carbocycles. The van der Waals surface area contributed by atoms with E-state index in [-0.39, 0.29) is 51.6 Å². The number of hydrogen-bond donors (Lipinski definition) is 2. The maximum absolute atomic E-state index is 13.8. The number of pyridine rings is 1. The van der Waals surface area contributed by atoms with Crippen LogP contribution in [0, 0.1) is 5.92 Å². The van der Waals surface area contributed by atoms with E-state index >= 15 is 0 Å². The number of alkyl carbamates (subject to hydrolysis) is 1. The second-order valence-corrected chi connectivity index (χ2v) is 14.0. The molecule has 2 amide bonds. The van der Waals surface area contributed by atoms with Crippen molar-refractivity contribution in [3.05, 3.63) is 69.5 Å². The topological polar surface area (TPSA) is 118 Å². The first-order chi connectivity index (χ1) is 19.8. The molecule has 2 N–H and O–H groups in total. The lowest BCUT2D eigenvalue weighted by atomic mass is 9.97. The molecule has 2 aromatic rings. The molecule has 9 nitrogen and oxygen atoms in total. The monoisotopic (exact) mass is 660 g/mol. The Morgan fingerprint density at radius 2 is 1.81 bits per heavy atom. The number of ether oxygens (including phenoxy) is 1. The molecular weight excluding hydrogens is 632 g/mol. The first-order valence-corrected chi connectivity index (χ1v) is 15.3. The van der Waals surface area contributed by atoms with E-state index in [1.165, 1.54) is 12.3 Å². The number of allylic oxidation sites excluding steroid dienone is 2. The van der Waals surface area contributed by atoms with E-state index in [1.807, 2.05) is 6.92 Å². The lowest BCUT2D eigenvalue weighted by Gasteiger charge is -2.35. The summed E-state index contributed by atoms with van der Waals surface area (Å²) in [6.07, 6.45) is -2.14. The van der Waals surface area contributed by atoms with Crippen molar-refractivity contribution in [3.63, 3.8) is 0 Å². The van der Waals surface area contributed by atoms with Gasteiger partial charge in [0, 0.05) is 11.5 Å². The number of hydrogen-bond acceptors (Lipinski definition) is 6. The van der Waals surface area contributed by atoms with Gasteiger partial charge in [0.15, 0.2) is 0 Å². The number of nitrogens with zero attached hydrogens (tertiary/aromatic N) is 2. The fourth-order valence-corrected chi connectivity index (χ4v) is 7.08. The molecule has 1 aromatic carbocycles. The van der Waals surface area contributed by atoms with Crippen molar-refractivity contribution in [2.75, 3.05) is 16.2 Å². The predicted octanol–water partition coefficient (Wildman–Crippen LogP) is 6.34. The van der Waals surface area contributed by atoms with Crippen molar-refractivity contribution in [2.24, 2.45) is 5.92 Å². The fraction of sp³-hybridized carbons (Fsp3) is 0.393. The van der Waals surface area contributed by atoms with Gasteiger partial charge in [-0.2, -0.15) is 13.2 Å². The summed E-state index contributed by atoms with van der Waals surface area (Å²) in [6, 6.07) is 3.83. The molecule has 0 spiro atoms. The number of alkyl halides is 3. The van der Waals surface area contributed by atoms with E-state index in [0.717, 1.165) is 22.5 Å². The molecule has 0 saturated heterocycles. The standard InChI is InChI=1S/C28H29Cl2F3N4O5S/c1-15-8-20(29)24(21(30)9-15)25(38)35-17-12-23-22(34-13-17)11-18(36-26(39)42-27(2,3)4)14-37(23)43(40,41)19-7-5-6-16(10-19)28(31,32)33/h5-8,10,12-13,15,18H,9,11,14H2,1-4H3,(H,35,38)(H,36,39). The van der Waals surface area contributed by atoms with Crippen molar-refractivity contribution >= 4 is 56.6 Å². The highest BCUT2D eigenvalue weighted by Crippen LogP contribution is 2.37. The van der Waals surface area contributed by atoms with Gasteiger partial charge in [-0.1, -0.05) is 42.3 Å². The largest absolute Gasteiger partial charge is 0.444 e. The molecule has 0 fully saturated rings. The van der Waals surface area contributed by atoms with Gasteiger partial charge in [0.2, 0.25) is 0 Å². The number of benzene rings is 1. The lowest BCUT2D eigenvalue weighted by molar-refractivity contribution is -0.137. The summed E-state index contributed by atoms with van der Waals surface area (Å²) >= 11 is 12.6. The summed E-state index contributed by atoms with van der Waals surface area (Å²) in [5.74, 6) is -0.619. The molecule has 15 heteroatoms. The van der Waals surface area contributed by atoms with E-state index in [1.54, 1.807) is 26.8 Å². The molecule has 1 aromatic heterocycles. The number of carbonyl (C=O) groups excluding carboxylic acids is 2. The number of aromatic nitrogens is 1. The number of fused-ring (bicyclic) bond motifs is 1. The Morgan fingerprint density at radius 1 is 1.12 bits per heavy atom. The van der Waals surface area contributed by atoms with E-state index in [2.05, 4.69) is 15.6 Å². The second kappa shape index (κ2) is 12.0. The van der Waals surface area contributed by atoms with Crippen molar-refractivity contribution in [1.29, 1.82) is 0 Å². The highest BCUT2D eigenvalue weighted by molar-refractivity contribution is 7.92. The quantitative estimate of drug-likeness (QED) is 0.387. The van der Waals surface area contributed by atoms with Crippen LogP contribution in [-0.2, 0) is 32.2 Å². The van der Waals surface area contributed by atoms with Gasteiger partial charge in [0.1, 0.15) is 5.60 Å². The molecule has 0 bridgehead atoms. The number of carbonyl (C=O) groups is 2. The molecule has 2 heterocycles. The minimum absolute atomic E-state index is 0.0106. The first kappa shape index (κ1) is 32.6. The van der Waals surface area contributed by atoms with E-state index in [4.69, 9.17) is 27.9 Å². The summed E-state index contributed by atoms with van der Waals surface area (Å²) in [7, 11) is -4.62. The zero-order chi connectivity index (χ0) is 31.9. The number of amides is 2. The molecule has 43 heavy (non-hydrogen) atoms. The van der Waals surface area contributed by atoms with Crippen LogP contribution in [-0.4, -0.2) is 43.6 Å². The number of rotatable bonds is 5. The minimum Gasteiger partial charge on any atom is -0.444 e. The highest BCUT2D eigenvalue weighted by atomic mass is 35.5. The third kappa shape index (κ3) is 7.63. The maximum Gasteiger partial charge on any atom is 0.416 e. The smallest absolute Gasteiger partial charge is 0.416 e. The molecule has 0 radical (unpaired) electrons. The number of halogens is 5. The average Bonchev–Trinajstić information content (AvgIpc) is 2.86. The summed E-state index contributed by atoms with van der Waals surface area (Å²) in [6.45, 7) is 6.50. The van der Waals surface area contributed by atoms with Gasteiger partial charge in [-0.3, -0.25) is 14.1 Å². The van der Waals surface area contributed by atoms with Crippen LogP contribution in [0.15, 0.2) is 63.1 Å². The molecule has 2 unspecified atom stereocenters. The Kier molecular flexibility index (Phi) is 9.11. The van der Waals surface area contributed by atoms with Crippen LogP contribution in [0.2, 0.25) is 0 Å². The van der Waals surface area contributed by atoms with Crippen molar-refractivity contribution in [2.45, 2.75) is 63.3 Å². The zero-order valence-corrected chi connectivity index (χ0v) is 25.9. The van der Waals surface area contributed by atoms with Crippen LogP contribution < -0.4 is 14.9 Å². The number of sulfonamides is 1. The molecule has 1 aliphatic heterocycles. The van der Waals surface area contributed by atoms with Crippen molar-refractivity contribution < 1.29 is 35.9 Å². The summed E-state index contributed by atoms with van der Waals surface area (Å²) in [5, 5.41) is 5.65. The predicted molar refractivity (Wildman–Crippen MR) is 156 cm³/mol. The Bertz CT molecular complexity index is 1620. The van der Waals surface area contributed by atoms with Crippen molar-refractivity contribution in [1.82, 2.24) is 10.3 Å². The SMILES string of the molecule is CC1C=C(Cl)C(C(=O)Nc2cnc3c(c2)N(S(=O)(=O)c2cccc(C(F)(F)F)c2)CC(NC(=O)OC(C)(C)C)C3)=C(Cl)C1. The average molecular weight is 662 g/mol. The Balaban J connectivity index is 1.72. The molecule has 2 aliphatic rings. The normalized spacial score (nSPS) is 19.4. The highest BCUT2D eigenvalue weighted by Gasteiger charge is 2.38. The van der Waals surface area contributed by atoms with E-state index in [9.17, 15) is 31.2 Å². The number of nitrogens with one attached hydrogen (secondary N) is 2. The summed E-state index contributed by atoms with van der Waals surface area (Å²) in [4.78, 5) is 29.3. The Morgan fingerprint density at radius 3 is 2.44 bits per heavy atom. The van der Waals surface area contributed by atoms with Crippen molar-refractivity contribution in [3.8, 4) is 0 Å². The second-order valence-electron chi connectivity index (χ2n) is 11.2. The Hall–Kier alpha value is -3.29. The van der Waals surface area contributed by atoms with Crippen LogP contribution in [0.25, 0.3) is 0 Å². The molecular formula is C28H29Cl2F3N4O5S. The molecule has 4 rings (SSSR count). The zero-order valence-electron chi connectivity index (χ0n) is 23.6. The van der Waals surface area contributed by atoms with Crippen LogP contribution in [0.5, 0.6) is 0 Å². The van der Waals surface area contributed by atoms with Gasteiger partial charge >= 0.3 is 12.3 Å². The van der Waals surface area contributed by atoms with Gasteiger partial charge < -0.3 is 15.4 Å². The molecule has 2 atom stereocenters. The van der Waals surface area contributed by atoms with Gasteiger partial charge in [-0.25, -0.2) is 13.2 Å². The van der Waals surface area contributed by atoms with Gasteiger partial charge in [-0.15, -0.1) is 0 Å². The van der Waals surface area contributed by atoms with Crippen LogP contribution >= 0.6 is 23.2 Å². The van der Waals surface area contributed by atoms with Crippen LogP contribution in [0.4, 0.5) is 29.3 Å². The summed E-state index contributed by atoms with van der Waals surface area (Å²) < 4.78 is 74.1. The van der Waals surface area contributed by atoms with E-state index in [0.29, 0.717) is 12.5 Å². The lowest BCUT2D eigenvalue weighted by Crippen LogP contribution is -2.51. The van der Waals surface area contributed by atoms with Gasteiger partial charge in [0.25, 0.3) is 15.9 Å². The fourth-order valence-electron chi connectivity index (χ4n) is 4.61. The van der Waals surface area contributed by atoms with E-state index < -0.39 is 50.3 Å². The number of anilines is 2.